The number of carbonyl (C=O) groups excluding carboxylic acids is 1. The molecule has 0 aliphatic carbocycles. The fraction of sp³-hybridized carbons (Fsp3) is 0.522. The highest BCUT2D eigenvalue weighted by Crippen LogP contribution is 2.38. The normalized spacial score (nSPS) is 13.0. The van der Waals surface area contributed by atoms with Gasteiger partial charge < -0.3 is 25.1 Å². The maximum absolute atomic E-state index is 12.5. The fourth-order valence-corrected chi connectivity index (χ4v) is 4.14. The molecular formula is C23H33NO5S. The van der Waals surface area contributed by atoms with Gasteiger partial charge in [0.05, 0.1) is 32.8 Å². The minimum atomic E-state index is -0.582. The zero-order valence-electron chi connectivity index (χ0n) is 18.3. The molecule has 2 aromatic rings. The number of benzene rings is 1. The summed E-state index contributed by atoms with van der Waals surface area (Å²) in [5.74, 6) is 2.04. The Morgan fingerprint density at radius 2 is 1.73 bits per heavy atom. The largest absolute Gasteiger partial charge is 0.493 e. The summed E-state index contributed by atoms with van der Waals surface area (Å²) in [5.41, 5.74) is 6.48. The van der Waals surface area contributed by atoms with E-state index in [1.165, 1.54) is 11.3 Å². The number of carbonyl (C=O) groups is 1. The van der Waals surface area contributed by atoms with Gasteiger partial charge >= 0.3 is 0 Å². The summed E-state index contributed by atoms with van der Waals surface area (Å²) in [4.78, 5) is 14.4. The molecule has 0 saturated heterocycles. The molecule has 30 heavy (non-hydrogen) atoms. The van der Waals surface area contributed by atoms with Crippen LogP contribution in [0.4, 0.5) is 0 Å². The number of hydrogen-bond acceptors (Lipinski definition) is 7. The Morgan fingerprint density at radius 3 is 2.30 bits per heavy atom. The Labute approximate surface area is 183 Å². The van der Waals surface area contributed by atoms with Crippen LogP contribution in [0.5, 0.6) is 17.2 Å². The predicted octanol–water partition coefficient (Wildman–Crippen LogP) is 4.01. The quantitative estimate of drug-likeness (QED) is 0.365. The molecule has 0 spiro atoms. The van der Waals surface area contributed by atoms with Gasteiger partial charge in [-0.1, -0.05) is 0 Å². The molecule has 0 fully saturated rings. The molecule has 2 rings (SSSR count). The molecule has 0 radical (unpaired) electrons. The van der Waals surface area contributed by atoms with Crippen LogP contribution >= 0.6 is 11.3 Å². The van der Waals surface area contributed by atoms with Crippen LogP contribution in [0.2, 0.25) is 0 Å². The van der Waals surface area contributed by atoms with E-state index in [-0.39, 0.29) is 12.4 Å². The first kappa shape index (κ1) is 24.2. The highest BCUT2D eigenvalue weighted by atomic mass is 32.1. The van der Waals surface area contributed by atoms with Crippen molar-refractivity contribution in [3.8, 4) is 17.2 Å². The summed E-state index contributed by atoms with van der Waals surface area (Å²) in [5, 5.41) is 9.26. The lowest BCUT2D eigenvalue weighted by atomic mass is 9.98. The lowest BCUT2D eigenvalue weighted by Crippen LogP contribution is -2.40. The van der Waals surface area contributed by atoms with E-state index in [2.05, 4.69) is 0 Å². The van der Waals surface area contributed by atoms with Gasteiger partial charge in [0.25, 0.3) is 0 Å². The van der Waals surface area contributed by atoms with E-state index >= 15 is 0 Å². The van der Waals surface area contributed by atoms with Crippen molar-refractivity contribution in [1.82, 2.24) is 0 Å². The van der Waals surface area contributed by atoms with Gasteiger partial charge in [-0.15, -0.1) is 11.3 Å². The van der Waals surface area contributed by atoms with Crippen LogP contribution in [0.25, 0.3) is 0 Å². The first-order valence-corrected chi connectivity index (χ1v) is 11.0. The topological polar surface area (TPSA) is 91.0 Å². The third-order valence-corrected chi connectivity index (χ3v) is 6.27. The van der Waals surface area contributed by atoms with E-state index in [1.807, 2.05) is 31.2 Å². The molecule has 166 valence electrons. The SMILES string of the molecule is COc1cc(CCCCC(=O)c2ccc(CCC(C)(N)CO)s2)cc(OC)c1OC. The van der Waals surface area contributed by atoms with Gasteiger partial charge in [0.1, 0.15) is 0 Å². The minimum Gasteiger partial charge on any atom is -0.493 e. The molecule has 1 aromatic heterocycles. The zero-order chi connectivity index (χ0) is 22.1. The number of aliphatic hydroxyl groups is 1. The number of unbranched alkanes of at least 4 members (excludes halogenated alkanes) is 1. The van der Waals surface area contributed by atoms with Crippen molar-refractivity contribution in [1.29, 1.82) is 0 Å². The maximum Gasteiger partial charge on any atom is 0.203 e. The molecule has 0 amide bonds. The summed E-state index contributed by atoms with van der Waals surface area (Å²) in [6.45, 7) is 1.79. The molecule has 1 heterocycles. The van der Waals surface area contributed by atoms with Crippen molar-refractivity contribution in [3.05, 3.63) is 39.6 Å². The third kappa shape index (κ3) is 6.72. The number of hydrogen-bond donors (Lipinski definition) is 2. The summed E-state index contributed by atoms with van der Waals surface area (Å²) in [6, 6.07) is 7.79. The van der Waals surface area contributed by atoms with E-state index in [9.17, 15) is 9.90 Å². The molecule has 7 heteroatoms. The van der Waals surface area contributed by atoms with Gasteiger partial charge in [0.15, 0.2) is 17.3 Å². The van der Waals surface area contributed by atoms with Gasteiger partial charge in [0.2, 0.25) is 5.75 Å². The van der Waals surface area contributed by atoms with E-state index in [1.54, 1.807) is 21.3 Å². The monoisotopic (exact) mass is 435 g/mol. The second-order valence-electron chi connectivity index (χ2n) is 7.74. The number of aryl methyl sites for hydroxylation is 2. The summed E-state index contributed by atoms with van der Waals surface area (Å²) >= 11 is 1.53. The number of aliphatic hydroxyl groups excluding tert-OH is 1. The van der Waals surface area contributed by atoms with Crippen LogP contribution in [-0.4, -0.2) is 44.4 Å². The Morgan fingerprint density at radius 1 is 1.07 bits per heavy atom. The number of methoxy groups -OCH3 is 3. The minimum absolute atomic E-state index is 0.0455. The summed E-state index contributed by atoms with van der Waals surface area (Å²) in [7, 11) is 4.79. The first-order chi connectivity index (χ1) is 14.3. The van der Waals surface area contributed by atoms with Gasteiger partial charge in [-0.05, 0) is 68.9 Å². The molecule has 0 bridgehead atoms. The van der Waals surface area contributed by atoms with Gasteiger partial charge in [-0.25, -0.2) is 0 Å². The number of ketones is 1. The Hall–Kier alpha value is -2.09. The number of Topliss-reactive ketones (excluding diaryl/α,β-unsaturated/α-hetero) is 1. The molecule has 1 unspecified atom stereocenters. The lowest BCUT2D eigenvalue weighted by molar-refractivity contribution is 0.0983. The van der Waals surface area contributed by atoms with Crippen molar-refractivity contribution in [2.45, 2.75) is 51.0 Å². The fourth-order valence-electron chi connectivity index (χ4n) is 3.17. The van der Waals surface area contributed by atoms with Crippen molar-refractivity contribution >= 4 is 17.1 Å². The van der Waals surface area contributed by atoms with Crippen LogP contribution in [0.1, 0.15) is 52.7 Å². The summed E-state index contributed by atoms with van der Waals surface area (Å²) in [6.07, 6.45) is 4.52. The van der Waals surface area contributed by atoms with Crippen LogP contribution in [0.15, 0.2) is 24.3 Å². The molecule has 0 aliphatic heterocycles. The van der Waals surface area contributed by atoms with E-state index in [0.29, 0.717) is 30.1 Å². The molecule has 0 saturated carbocycles. The second kappa shape index (κ2) is 11.3. The number of ether oxygens (including phenoxy) is 3. The zero-order valence-corrected chi connectivity index (χ0v) is 19.1. The number of nitrogens with two attached hydrogens (primary N) is 1. The van der Waals surface area contributed by atoms with Crippen LogP contribution < -0.4 is 19.9 Å². The molecule has 0 aliphatic rings. The molecule has 3 N–H and O–H groups in total. The van der Waals surface area contributed by atoms with Crippen molar-refractivity contribution < 1.29 is 24.1 Å². The second-order valence-corrected chi connectivity index (χ2v) is 8.91. The van der Waals surface area contributed by atoms with Gasteiger partial charge in [0, 0.05) is 16.8 Å². The number of rotatable bonds is 13. The van der Waals surface area contributed by atoms with Crippen molar-refractivity contribution in [2.75, 3.05) is 27.9 Å². The first-order valence-electron chi connectivity index (χ1n) is 10.1. The standard InChI is InChI=1S/C23H33NO5S/c1-23(24,15-25)12-11-17-9-10-21(30-17)18(26)8-6-5-7-16-13-19(27-2)22(29-4)20(14-16)28-3/h9-10,13-14,25H,5-8,11-12,15,24H2,1-4H3. The average Bonchev–Trinajstić information content (AvgIpc) is 3.23. The number of thiophene rings is 1. The van der Waals surface area contributed by atoms with Crippen LogP contribution in [0, 0.1) is 0 Å². The van der Waals surface area contributed by atoms with Gasteiger partial charge in [-0.3, -0.25) is 4.79 Å². The lowest BCUT2D eigenvalue weighted by Gasteiger charge is -2.20. The molecule has 1 aromatic carbocycles. The van der Waals surface area contributed by atoms with E-state index in [0.717, 1.165) is 41.0 Å². The molecule has 1 atom stereocenters. The Balaban J connectivity index is 1.84. The summed E-state index contributed by atoms with van der Waals surface area (Å²) < 4.78 is 16.1. The van der Waals surface area contributed by atoms with Crippen LogP contribution in [-0.2, 0) is 12.8 Å². The van der Waals surface area contributed by atoms with E-state index < -0.39 is 5.54 Å². The average molecular weight is 436 g/mol. The van der Waals surface area contributed by atoms with E-state index in [4.69, 9.17) is 19.9 Å². The smallest absolute Gasteiger partial charge is 0.203 e. The Kier molecular flexibility index (Phi) is 9.14. The van der Waals surface area contributed by atoms with Crippen molar-refractivity contribution in [3.63, 3.8) is 0 Å². The third-order valence-electron chi connectivity index (χ3n) is 5.08. The maximum atomic E-state index is 12.5. The predicted molar refractivity (Wildman–Crippen MR) is 120 cm³/mol. The molecular weight excluding hydrogens is 402 g/mol. The van der Waals surface area contributed by atoms with Gasteiger partial charge in [-0.2, -0.15) is 0 Å². The highest BCUT2D eigenvalue weighted by Gasteiger charge is 2.18. The van der Waals surface area contributed by atoms with Crippen molar-refractivity contribution in [2.24, 2.45) is 5.73 Å². The highest BCUT2D eigenvalue weighted by molar-refractivity contribution is 7.14. The Bertz CT molecular complexity index is 806. The molecule has 6 nitrogen and oxygen atoms in total. The van der Waals surface area contributed by atoms with Crippen LogP contribution in [0.3, 0.4) is 0 Å².